The number of hydrogen-bond donors (Lipinski definition) is 0. The van der Waals surface area contributed by atoms with Gasteiger partial charge >= 0.3 is 6.09 Å². The van der Waals surface area contributed by atoms with Gasteiger partial charge in [-0.2, -0.15) is 0 Å². The molecule has 11 heavy (non-hydrogen) atoms. The summed E-state index contributed by atoms with van der Waals surface area (Å²) in [7, 11) is 3.37. The molecule has 0 heterocycles. The van der Waals surface area contributed by atoms with Crippen molar-refractivity contribution in [1.82, 2.24) is 4.90 Å². The highest BCUT2D eigenvalue weighted by molar-refractivity contribution is 5.66. The Labute approximate surface area is 68.3 Å². The van der Waals surface area contributed by atoms with Gasteiger partial charge in [-0.1, -0.05) is 13.8 Å². The maximum atomic E-state index is 11.0. The molecule has 0 spiro atoms. The van der Waals surface area contributed by atoms with Gasteiger partial charge in [0.05, 0.1) is 0 Å². The average molecular weight is 159 g/mol. The summed E-state index contributed by atoms with van der Waals surface area (Å²) in [6.07, 6.45) is 1.59. The zero-order valence-electron chi connectivity index (χ0n) is 7.76. The molecule has 3 nitrogen and oxygen atoms in total. The van der Waals surface area contributed by atoms with Gasteiger partial charge in [0, 0.05) is 14.1 Å². The van der Waals surface area contributed by atoms with Crippen LogP contribution >= 0.6 is 0 Å². The highest BCUT2D eigenvalue weighted by atomic mass is 16.6. The first-order valence-electron chi connectivity index (χ1n) is 3.99. The van der Waals surface area contributed by atoms with Gasteiger partial charge in [0.25, 0.3) is 0 Å². The normalized spacial score (nSPS) is 9.91. The first-order chi connectivity index (χ1) is 5.11. The van der Waals surface area contributed by atoms with E-state index in [1.165, 1.54) is 4.90 Å². The van der Waals surface area contributed by atoms with Crippen LogP contribution in [0.2, 0.25) is 0 Å². The topological polar surface area (TPSA) is 29.5 Å². The number of ether oxygens (including phenoxy) is 1. The van der Waals surface area contributed by atoms with Gasteiger partial charge < -0.3 is 9.64 Å². The van der Waals surface area contributed by atoms with Gasteiger partial charge in [-0.3, -0.25) is 0 Å². The number of amides is 1. The van der Waals surface area contributed by atoms with Crippen molar-refractivity contribution in [3.05, 3.63) is 0 Å². The van der Waals surface area contributed by atoms with Gasteiger partial charge in [0.15, 0.2) is 0 Å². The summed E-state index contributed by atoms with van der Waals surface area (Å²) in [6.45, 7) is 4.02. The van der Waals surface area contributed by atoms with Crippen LogP contribution in [0.15, 0.2) is 0 Å². The molecule has 0 saturated heterocycles. The lowest BCUT2D eigenvalue weighted by molar-refractivity contribution is 0.0708. The van der Waals surface area contributed by atoms with E-state index in [2.05, 4.69) is 0 Å². The number of carbonyl (C=O) groups is 1. The molecule has 0 bridgehead atoms. The summed E-state index contributed by atoms with van der Waals surface area (Å²) >= 11 is 0. The number of hydrogen-bond acceptors (Lipinski definition) is 2. The predicted octanol–water partition coefficient (Wildman–Crippen LogP) is 1.87. The summed E-state index contributed by atoms with van der Waals surface area (Å²) in [6, 6.07) is 0. The van der Waals surface area contributed by atoms with Crippen LogP contribution in [0.25, 0.3) is 0 Å². The Morgan fingerprint density at radius 3 is 2.09 bits per heavy atom. The van der Waals surface area contributed by atoms with Crippen molar-refractivity contribution in [2.24, 2.45) is 0 Å². The van der Waals surface area contributed by atoms with Crippen LogP contribution in [0, 0.1) is 0 Å². The molecule has 0 radical (unpaired) electrons. The van der Waals surface area contributed by atoms with Crippen LogP contribution in [0.4, 0.5) is 4.79 Å². The van der Waals surface area contributed by atoms with Crippen molar-refractivity contribution in [2.75, 3.05) is 14.1 Å². The third-order valence-corrected chi connectivity index (χ3v) is 1.54. The van der Waals surface area contributed by atoms with Gasteiger partial charge in [-0.05, 0) is 12.8 Å². The molecule has 1 amide bonds. The molecule has 0 rings (SSSR count). The summed E-state index contributed by atoms with van der Waals surface area (Å²) < 4.78 is 5.10. The van der Waals surface area contributed by atoms with Crippen molar-refractivity contribution in [2.45, 2.75) is 32.8 Å². The second-order valence-electron chi connectivity index (χ2n) is 2.72. The molecular formula is C8H17NO2. The third-order valence-electron chi connectivity index (χ3n) is 1.54. The van der Waals surface area contributed by atoms with E-state index in [1.54, 1.807) is 14.1 Å². The molecule has 0 aliphatic rings. The lowest BCUT2D eigenvalue weighted by Gasteiger charge is -2.17. The second kappa shape index (κ2) is 4.99. The molecule has 0 aliphatic carbocycles. The lowest BCUT2D eigenvalue weighted by Crippen LogP contribution is -2.27. The minimum atomic E-state index is -0.251. The molecule has 0 fully saturated rings. The Kier molecular flexibility index (Phi) is 4.66. The van der Waals surface area contributed by atoms with Crippen LogP contribution in [0.5, 0.6) is 0 Å². The molecule has 0 aliphatic heterocycles. The first-order valence-corrected chi connectivity index (χ1v) is 3.99. The van der Waals surface area contributed by atoms with Gasteiger partial charge in [0.1, 0.15) is 6.10 Å². The maximum absolute atomic E-state index is 11.0. The fourth-order valence-corrected chi connectivity index (χ4v) is 0.703. The minimum Gasteiger partial charge on any atom is -0.446 e. The van der Waals surface area contributed by atoms with Gasteiger partial charge in [-0.25, -0.2) is 4.79 Å². The molecule has 0 aromatic rings. The SMILES string of the molecule is CCC(CC)OC(=O)N(C)C. The van der Waals surface area contributed by atoms with E-state index in [9.17, 15) is 4.79 Å². The predicted molar refractivity (Wildman–Crippen MR) is 44.5 cm³/mol. The first kappa shape index (κ1) is 10.3. The Hall–Kier alpha value is -0.730. The van der Waals surface area contributed by atoms with Crippen LogP contribution < -0.4 is 0 Å². The smallest absolute Gasteiger partial charge is 0.409 e. The van der Waals surface area contributed by atoms with E-state index in [1.807, 2.05) is 13.8 Å². The molecular weight excluding hydrogens is 142 g/mol. The zero-order chi connectivity index (χ0) is 8.85. The van der Waals surface area contributed by atoms with E-state index in [-0.39, 0.29) is 12.2 Å². The van der Waals surface area contributed by atoms with E-state index in [0.717, 1.165) is 12.8 Å². The maximum Gasteiger partial charge on any atom is 0.409 e. The molecule has 0 N–H and O–H groups in total. The Balaban J connectivity index is 3.72. The van der Waals surface area contributed by atoms with Crippen molar-refractivity contribution < 1.29 is 9.53 Å². The van der Waals surface area contributed by atoms with Crippen LogP contribution in [-0.4, -0.2) is 31.2 Å². The van der Waals surface area contributed by atoms with Crippen molar-refractivity contribution >= 4 is 6.09 Å². The Morgan fingerprint density at radius 2 is 1.82 bits per heavy atom. The molecule has 0 saturated carbocycles. The van der Waals surface area contributed by atoms with E-state index < -0.39 is 0 Å². The molecule has 0 aromatic heterocycles. The highest BCUT2D eigenvalue weighted by Crippen LogP contribution is 2.03. The van der Waals surface area contributed by atoms with E-state index >= 15 is 0 Å². The monoisotopic (exact) mass is 159 g/mol. The largest absolute Gasteiger partial charge is 0.446 e. The molecule has 66 valence electrons. The Bertz CT molecular complexity index is 119. The number of carbonyl (C=O) groups excluding carboxylic acids is 1. The molecule has 3 heteroatoms. The fourth-order valence-electron chi connectivity index (χ4n) is 0.703. The average Bonchev–Trinajstić information content (AvgIpc) is 1.99. The summed E-state index contributed by atoms with van der Waals surface area (Å²) in [4.78, 5) is 12.4. The third kappa shape index (κ3) is 3.86. The lowest BCUT2D eigenvalue weighted by atomic mass is 10.2. The van der Waals surface area contributed by atoms with Crippen LogP contribution in [0.3, 0.4) is 0 Å². The number of nitrogens with zero attached hydrogens (tertiary/aromatic N) is 1. The quantitative estimate of drug-likeness (QED) is 0.629. The molecule has 0 unspecified atom stereocenters. The van der Waals surface area contributed by atoms with E-state index in [4.69, 9.17) is 4.74 Å². The zero-order valence-corrected chi connectivity index (χ0v) is 7.76. The molecule has 0 aromatic carbocycles. The van der Waals surface area contributed by atoms with Crippen molar-refractivity contribution in [1.29, 1.82) is 0 Å². The minimum absolute atomic E-state index is 0.0740. The van der Waals surface area contributed by atoms with Crippen molar-refractivity contribution in [3.63, 3.8) is 0 Å². The fraction of sp³-hybridized carbons (Fsp3) is 0.875. The second-order valence-corrected chi connectivity index (χ2v) is 2.72. The van der Waals surface area contributed by atoms with Crippen LogP contribution in [-0.2, 0) is 4.74 Å². The summed E-state index contributed by atoms with van der Waals surface area (Å²) in [5.74, 6) is 0. The highest BCUT2D eigenvalue weighted by Gasteiger charge is 2.10. The summed E-state index contributed by atoms with van der Waals surface area (Å²) in [5, 5.41) is 0. The number of rotatable bonds is 3. The van der Waals surface area contributed by atoms with Crippen LogP contribution in [0.1, 0.15) is 26.7 Å². The van der Waals surface area contributed by atoms with E-state index in [0.29, 0.717) is 0 Å². The van der Waals surface area contributed by atoms with Gasteiger partial charge in [-0.15, -0.1) is 0 Å². The van der Waals surface area contributed by atoms with Gasteiger partial charge in [0.2, 0.25) is 0 Å². The summed E-state index contributed by atoms with van der Waals surface area (Å²) in [5.41, 5.74) is 0. The Morgan fingerprint density at radius 1 is 1.36 bits per heavy atom. The van der Waals surface area contributed by atoms with Crippen molar-refractivity contribution in [3.8, 4) is 0 Å². The standard InChI is InChI=1S/C8H17NO2/c1-5-7(6-2)11-8(10)9(3)4/h7H,5-6H2,1-4H3. The molecule has 0 atom stereocenters.